The molecule has 1 aromatic heterocycles. The third-order valence-corrected chi connectivity index (χ3v) is 1.33. The Morgan fingerprint density at radius 2 is 1.86 bits per heavy atom. The van der Waals surface area contributed by atoms with Crippen LogP contribution in [0.5, 0.6) is 5.88 Å². The predicted molar refractivity (Wildman–Crippen MR) is 38.0 cm³/mol. The number of nitrogen functional groups attached to an aromatic ring is 1. The molecule has 1 heterocycles. The Morgan fingerprint density at radius 3 is 2.29 bits per heavy atom. The van der Waals surface area contributed by atoms with Crippen LogP contribution in [0, 0.1) is 5.95 Å². The van der Waals surface area contributed by atoms with Gasteiger partial charge in [-0.05, 0) is 0 Å². The molecule has 0 bridgehead atoms. The van der Waals surface area contributed by atoms with E-state index in [0.29, 0.717) is 0 Å². The first-order valence-electron chi connectivity index (χ1n) is 3.30. The Labute approximate surface area is 75.7 Å². The summed E-state index contributed by atoms with van der Waals surface area (Å²) in [7, 11) is 0.927. The van der Waals surface area contributed by atoms with E-state index < -0.39 is 29.5 Å². The minimum absolute atomic E-state index is 0.618. The minimum Gasteiger partial charge on any atom is -0.480 e. The van der Waals surface area contributed by atoms with Crippen molar-refractivity contribution in [2.24, 2.45) is 0 Å². The van der Waals surface area contributed by atoms with E-state index in [4.69, 9.17) is 5.73 Å². The highest BCUT2D eigenvalue weighted by molar-refractivity contribution is 5.33. The largest absolute Gasteiger partial charge is 0.480 e. The number of hydrogen-bond acceptors (Lipinski definition) is 4. The zero-order valence-corrected chi connectivity index (χ0v) is 6.89. The summed E-state index contributed by atoms with van der Waals surface area (Å²) in [6.45, 7) is 0. The Morgan fingerprint density at radius 1 is 1.29 bits per heavy atom. The normalized spacial score (nSPS) is 11.5. The zero-order chi connectivity index (χ0) is 10.9. The molecule has 0 saturated carbocycles. The van der Waals surface area contributed by atoms with Crippen LogP contribution in [-0.2, 0) is 6.18 Å². The van der Waals surface area contributed by atoms with Crippen LogP contribution in [0.25, 0.3) is 0 Å². The molecule has 0 aliphatic rings. The average Bonchev–Trinajstić information content (AvgIpc) is 1.99. The lowest BCUT2D eigenvalue weighted by molar-refractivity contribution is -0.142. The molecule has 0 radical (unpaired) electrons. The van der Waals surface area contributed by atoms with Gasteiger partial charge in [0, 0.05) is 0 Å². The maximum absolute atomic E-state index is 12.8. The summed E-state index contributed by atoms with van der Waals surface area (Å²) < 4.78 is 53.6. The first-order valence-corrected chi connectivity index (χ1v) is 3.30. The zero-order valence-electron chi connectivity index (χ0n) is 6.89. The van der Waals surface area contributed by atoms with E-state index in [0.717, 1.165) is 7.11 Å². The predicted octanol–water partition coefficient (Wildman–Crippen LogP) is 1.23. The van der Waals surface area contributed by atoms with E-state index >= 15 is 0 Å². The van der Waals surface area contributed by atoms with Crippen LogP contribution in [-0.4, -0.2) is 17.1 Å². The summed E-state index contributed by atoms with van der Waals surface area (Å²) in [6.07, 6.45) is -4.91. The fraction of sp³-hybridized carbons (Fsp3) is 0.333. The number of nitrogens with two attached hydrogens (primary N) is 1. The maximum Gasteiger partial charge on any atom is 0.426 e. The van der Waals surface area contributed by atoms with Gasteiger partial charge in [0.1, 0.15) is 0 Å². The highest BCUT2D eigenvalue weighted by atomic mass is 19.4. The molecule has 0 aliphatic carbocycles. The van der Waals surface area contributed by atoms with Gasteiger partial charge in [0.25, 0.3) is 0 Å². The molecule has 0 atom stereocenters. The number of anilines is 1. The van der Waals surface area contributed by atoms with Crippen molar-refractivity contribution in [2.75, 3.05) is 12.8 Å². The third-order valence-electron chi connectivity index (χ3n) is 1.33. The van der Waals surface area contributed by atoms with Crippen LogP contribution in [0.3, 0.4) is 0 Å². The quantitative estimate of drug-likeness (QED) is 0.560. The lowest BCUT2D eigenvalue weighted by Crippen LogP contribution is -2.14. The molecule has 14 heavy (non-hydrogen) atoms. The van der Waals surface area contributed by atoms with Gasteiger partial charge in [-0.2, -0.15) is 27.5 Å². The standard InChI is InChI=1S/C6H5F4N3O/c1-14-4-2(6(8,9)10)3(7)12-5(11)13-4/h1H3,(H2,11,12,13). The smallest absolute Gasteiger partial charge is 0.426 e. The van der Waals surface area contributed by atoms with Crippen LogP contribution in [0.2, 0.25) is 0 Å². The topological polar surface area (TPSA) is 61.0 Å². The van der Waals surface area contributed by atoms with E-state index in [-0.39, 0.29) is 0 Å². The van der Waals surface area contributed by atoms with Gasteiger partial charge in [-0.3, -0.25) is 0 Å². The summed E-state index contributed by atoms with van der Waals surface area (Å²) >= 11 is 0. The second-order valence-corrected chi connectivity index (χ2v) is 2.25. The number of nitrogens with zero attached hydrogens (tertiary/aromatic N) is 2. The summed E-state index contributed by atoms with van der Waals surface area (Å²) in [4.78, 5) is 5.85. The van der Waals surface area contributed by atoms with Gasteiger partial charge in [0.2, 0.25) is 17.8 Å². The minimum atomic E-state index is -4.91. The second kappa shape index (κ2) is 3.28. The summed E-state index contributed by atoms with van der Waals surface area (Å²) in [5.74, 6) is -3.29. The summed E-state index contributed by atoms with van der Waals surface area (Å²) in [5, 5.41) is 0. The molecule has 1 aromatic rings. The number of halogens is 4. The molecule has 0 aromatic carbocycles. The maximum atomic E-state index is 12.8. The molecule has 0 aliphatic heterocycles. The van der Waals surface area contributed by atoms with Gasteiger partial charge in [-0.25, -0.2) is 0 Å². The SMILES string of the molecule is COc1nc(N)nc(F)c1C(F)(F)F. The van der Waals surface area contributed by atoms with Crippen molar-refractivity contribution < 1.29 is 22.3 Å². The highest BCUT2D eigenvalue weighted by Gasteiger charge is 2.40. The number of aromatic nitrogens is 2. The molecule has 4 nitrogen and oxygen atoms in total. The van der Waals surface area contributed by atoms with E-state index in [9.17, 15) is 17.6 Å². The van der Waals surface area contributed by atoms with Crippen molar-refractivity contribution in [3.8, 4) is 5.88 Å². The fourth-order valence-electron chi connectivity index (χ4n) is 0.816. The molecule has 1 rings (SSSR count). The van der Waals surface area contributed by atoms with E-state index in [2.05, 4.69) is 14.7 Å². The third kappa shape index (κ3) is 1.83. The van der Waals surface area contributed by atoms with Crippen molar-refractivity contribution in [3.05, 3.63) is 11.5 Å². The van der Waals surface area contributed by atoms with Crippen LogP contribution < -0.4 is 10.5 Å². The van der Waals surface area contributed by atoms with Crippen LogP contribution in [0.1, 0.15) is 5.56 Å². The van der Waals surface area contributed by atoms with Crippen LogP contribution in [0.15, 0.2) is 0 Å². The molecule has 0 unspecified atom stereocenters. The molecule has 78 valence electrons. The molecule has 0 fully saturated rings. The molecule has 8 heteroatoms. The number of rotatable bonds is 1. The number of methoxy groups -OCH3 is 1. The van der Waals surface area contributed by atoms with Crippen molar-refractivity contribution in [2.45, 2.75) is 6.18 Å². The van der Waals surface area contributed by atoms with Crippen molar-refractivity contribution in [3.63, 3.8) is 0 Å². The lowest BCUT2D eigenvalue weighted by atomic mass is 10.3. The summed E-state index contributed by atoms with van der Waals surface area (Å²) in [5.41, 5.74) is 3.28. The molecule has 0 spiro atoms. The Bertz CT molecular complexity index is 352. The first-order chi connectivity index (χ1) is 6.36. The Kier molecular flexibility index (Phi) is 2.45. The Balaban J connectivity index is 3.40. The fourth-order valence-corrected chi connectivity index (χ4v) is 0.816. The number of hydrogen-bond donors (Lipinski definition) is 1. The van der Waals surface area contributed by atoms with Crippen molar-refractivity contribution in [1.29, 1.82) is 0 Å². The molecular weight excluding hydrogens is 206 g/mol. The van der Waals surface area contributed by atoms with E-state index in [1.54, 1.807) is 0 Å². The van der Waals surface area contributed by atoms with Crippen LogP contribution in [0.4, 0.5) is 23.5 Å². The highest BCUT2D eigenvalue weighted by Crippen LogP contribution is 2.36. The summed E-state index contributed by atoms with van der Waals surface area (Å²) in [6, 6.07) is 0. The first kappa shape index (κ1) is 10.5. The monoisotopic (exact) mass is 211 g/mol. The van der Waals surface area contributed by atoms with Gasteiger partial charge in [-0.1, -0.05) is 0 Å². The van der Waals surface area contributed by atoms with E-state index in [1.807, 2.05) is 0 Å². The second-order valence-electron chi connectivity index (χ2n) is 2.25. The van der Waals surface area contributed by atoms with E-state index in [1.165, 1.54) is 0 Å². The number of ether oxygens (including phenoxy) is 1. The van der Waals surface area contributed by atoms with Gasteiger partial charge in [0.05, 0.1) is 7.11 Å². The lowest BCUT2D eigenvalue weighted by Gasteiger charge is -2.10. The van der Waals surface area contributed by atoms with Gasteiger partial charge in [-0.15, -0.1) is 0 Å². The molecule has 2 N–H and O–H groups in total. The molecule has 0 saturated heterocycles. The number of alkyl halides is 3. The van der Waals surface area contributed by atoms with Crippen molar-refractivity contribution >= 4 is 5.95 Å². The van der Waals surface area contributed by atoms with Crippen molar-refractivity contribution in [1.82, 2.24) is 9.97 Å². The van der Waals surface area contributed by atoms with Gasteiger partial charge < -0.3 is 10.5 Å². The molecular formula is C6H5F4N3O. The van der Waals surface area contributed by atoms with Gasteiger partial charge >= 0.3 is 6.18 Å². The van der Waals surface area contributed by atoms with Gasteiger partial charge in [0.15, 0.2) is 5.56 Å². The Hall–Kier alpha value is -1.60. The average molecular weight is 211 g/mol. The molecule has 0 amide bonds. The van der Waals surface area contributed by atoms with Crippen LogP contribution >= 0.6 is 0 Å².